The Bertz CT molecular complexity index is 503. The molecule has 3 N–H and O–H groups in total. The first-order valence-corrected chi connectivity index (χ1v) is 6.33. The first-order valence-electron chi connectivity index (χ1n) is 6.33. The van der Waals surface area contributed by atoms with Gasteiger partial charge < -0.3 is 11.1 Å². The number of rotatable bonds is 4. The summed E-state index contributed by atoms with van der Waals surface area (Å²) in [4.78, 5) is 11.6. The standard InChI is InChI=1S/C15H19FN2O/c1-3-11(2)15(19)18-10-13-9-12(5-4-8-17)6-7-14(13)16/h6-7,9,11H,3,8,10,17H2,1-2H3,(H,18,19). The molecule has 0 heterocycles. The maximum Gasteiger partial charge on any atom is 0.223 e. The minimum atomic E-state index is -0.345. The van der Waals surface area contributed by atoms with Gasteiger partial charge in [0, 0.05) is 23.6 Å². The van der Waals surface area contributed by atoms with Crippen molar-refractivity contribution >= 4 is 5.91 Å². The number of nitrogens with two attached hydrogens (primary N) is 1. The quantitative estimate of drug-likeness (QED) is 0.813. The average molecular weight is 262 g/mol. The summed E-state index contributed by atoms with van der Waals surface area (Å²) in [6.07, 6.45) is 0.760. The molecule has 4 heteroatoms. The summed E-state index contributed by atoms with van der Waals surface area (Å²) in [5, 5.41) is 2.72. The first-order chi connectivity index (χ1) is 9.08. The van der Waals surface area contributed by atoms with Crippen LogP contribution in [0.4, 0.5) is 4.39 Å². The third-order valence-electron chi connectivity index (χ3n) is 2.89. The first kappa shape index (κ1) is 15.2. The highest BCUT2D eigenvalue weighted by Gasteiger charge is 2.11. The molecule has 0 bridgehead atoms. The van der Waals surface area contributed by atoms with Gasteiger partial charge in [0.2, 0.25) is 5.91 Å². The highest BCUT2D eigenvalue weighted by Crippen LogP contribution is 2.10. The fourth-order valence-corrected chi connectivity index (χ4v) is 1.48. The molecule has 1 aromatic rings. The largest absolute Gasteiger partial charge is 0.352 e. The molecule has 0 aromatic heterocycles. The molecule has 0 saturated heterocycles. The molecule has 1 unspecified atom stereocenters. The van der Waals surface area contributed by atoms with E-state index >= 15 is 0 Å². The maximum absolute atomic E-state index is 13.6. The number of amides is 1. The van der Waals surface area contributed by atoms with Crippen molar-refractivity contribution in [1.29, 1.82) is 0 Å². The predicted octanol–water partition coefficient (Wildman–Crippen LogP) is 1.80. The van der Waals surface area contributed by atoms with E-state index in [1.165, 1.54) is 6.07 Å². The van der Waals surface area contributed by atoms with Crippen molar-refractivity contribution in [2.75, 3.05) is 6.54 Å². The van der Waals surface area contributed by atoms with Crippen LogP contribution in [0.25, 0.3) is 0 Å². The molecular weight excluding hydrogens is 243 g/mol. The summed E-state index contributed by atoms with van der Waals surface area (Å²) >= 11 is 0. The molecule has 0 aliphatic rings. The molecule has 1 amide bonds. The van der Waals surface area contributed by atoms with Crippen LogP contribution < -0.4 is 11.1 Å². The van der Waals surface area contributed by atoms with E-state index in [4.69, 9.17) is 5.73 Å². The molecule has 19 heavy (non-hydrogen) atoms. The van der Waals surface area contributed by atoms with Crippen LogP contribution in [0, 0.1) is 23.6 Å². The van der Waals surface area contributed by atoms with Crippen molar-refractivity contribution in [3.63, 3.8) is 0 Å². The van der Waals surface area contributed by atoms with Gasteiger partial charge in [0.1, 0.15) is 5.82 Å². The van der Waals surface area contributed by atoms with Crippen LogP contribution in [-0.2, 0) is 11.3 Å². The van der Waals surface area contributed by atoms with Crippen molar-refractivity contribution in [2.45, 2.75) is 26.8 Å². The molecule has 1 aromatic carbocycles. The van der Waals surface area contributed by atoms with Gasteiger partial charge in [-0.15, -0.1) is 0 Å². The zero-order chi connectivity index (χ0) is 14.3. The van der Waals surface area contributed by atoms with Crippen molar-refractivity contribution < 1.29 is 9.18 Å². The monoisotopic (exact) mass is 262 g/mol. The molecule has 0 spiro atoms. The average Bonchev–Trinajstić information content (AvgIpc) is 2.43. The number of carbonyl (C=O) groups is 1. The fraction of sp³-hybridized carbons (Fsp3) is 0.400. The van der Waals surface area contributed by atoms with E-state index in [-0.39, 0.29) is 30.7 Å². The summed E-state index contributed by atoms with van der Waals surface area (Å²) in [5.41, 5.74) is 6.41. The van der Waals surface area contributed by atoms with E-state index in [1.807, 2.05) is 13.8 Å². The van der Waals surface area contributed by atoms with Gasteiger partial charge in [0.15, 0.2) is 0 Å². The molecule has 0 saturated carbocycles. The van der Waals surface area contributed by atoms with Gasteiger partial charge in [-0.05, 0) is 24.6 Å². The molecule has 102 valence electrons. The van der Waals surface area contributed by atoms with Crippen LogP contribution >= 0.6 is 0 Å². The molecule has 0 aliphatic heterocycles. The van der Waals surface area contributed by atoms with E-state index in [0.717, 1.165) is 6.42 Å². The van der Waals surface area contributed by atoms with E-state index in [0.29, 0.717) is 11.1 Å². The summed E-state index contributed by atoms with van der Waals surface area (Å²) in [6, 6.07) is 4.58. The number of carbonyl (C=O) groups excluding carboxylic acids is 1. The van der Waals surface area contributed by atoms with E-state index in [9.17, 15) is 9.18 Å². The second-order valence-electron chi connectivity index (χ2n) is 4.34. The Hall–Kier alpha value is -1.86. The lowest BCUT2D eigenvalue weighted by Crippen LogP contribution is -2.28. The summed E-state index contributed by atoms with van der Waals surface area (Å²) < 4.78 is 13.6. The highest BCUT2D eigenvalue weighted by molar-refractivity contribution is 5.78. The van der Waals surface area contributed by atoms with Crippen LogP contribution in [0.5, 0.6) is 0 Å². The molecule has 1 rings (SSSR count). The number of hydrogen-bond acceptors (Lipinski definition) is 2. The van der Waals surface area contributed by atoms with Crippen molar-refractivity contribution in [3.8, 4) is 11.8 Å². The van der Waals surface area contributed by atoms with Gasteiger partial charge in [-0.3, -0.25) is 4.79 Å². The van der Waals surface area contributed by atoms with Crippen molar-refractivity contribution in [2.24, 2.45) is 11.7 Å². The summed E-state index contributed by atoms with van der Waals surface area (Å²) in [6.45, 7) is 4.22. The van der Waals surface area contributed by atoms with Crippen molar-refractivity contribution in [3.05, 3.63) is 35.1 Å². The summed E-state index contributed by atoms with van der Waals surface area (Å²) in [5.74, 6) is 5.07. The van der Waals surface area contributed by atoms with Gasteiger partial charge in [-0.25, -0.2) is 4.39 Å². The minimum absolute atomic E-state index is 0.0664. The van der Waals surface area contributed by atoms with Crippen LogP contribution in [0.3, 0.4) is 0 Å². The van der Waals surface area contributed by atoms with Gasteiger partial charge in [-0.2, -0.15) is 0 Å². The Morgan fingerprint density at radius 2 is 2.26 bits per heavy atom. The number of hydrogen-bond donors (Lipinski definition) is 2. The smallest absolute Gasteiger partial charge is 0.223 e. The van der Waals surface area contributed by atoms with E-state index < -0.39 is 0 Å². The Kier molecular flexibility index (Phi) is 6.04. The third-order valence-corrected chi connectivity index (χ3v) is 2.89. The zero-order valence-electron chi connectivity index (χ0n) is 11.3. The lowest BCUT2D eigenvalue weighted by molar-refractivity contribution is -0.124. The zero-order valence-corrected chi connectivity index (χ0v) is 11.3. The van der Waals surface area contributed by atoms with E-state index in [1.54, 1.807) is 12.1 Å². The Labute approximate surface area is 113 Å². The van der Waals surface area contributed by atoms with Crippen LogP contribution in [0.15, 0.2) is 18.2 Å². The summed E-state index contributed by atoms with van der Waals surface area (Å²) in [7, 11) is 0. The molecule has 0 aliphatic carbocycles. The lowest BCUT2D eigenvalue weighted by Gasteiger charge is -2.10. The fourth-order valence-electron chi connectivity index (χ4n) is 1.48. The Morgan fingerprint density at radius 3 is 2.89 bits per heavy atom. The second kappa shape index (κ2) is 7.55. The Balaban J connectivity index is 2.74. The minimum Gasteiger partial charge on any atom is -0.352 e. The normalized spacial score (nSPS) is 11.4. The van der Waals surface area contributed by atoms with Crippen LogP contribution in [0.2, 0.25) is 0 Å². The van der Waals surface area contributed by atoms with Gasteiger partial charge in [0.25, 0.3) is 0 Å². The molecule has 3 nitrogen and oxygen atoms in total. The SMILES string of the molecule is CCC(C)C(=O)NCc1cc(C#CCN)ccc1F. The van der Waals surface area contributed by atoms with Crippen LogP contribution in [0.1, 0.15) is 31.4 Å². The predicted molar refractivity (Wildman–Crippen MR) is 73.6 cm³/mol. The third kappa shape index (κ3) is 4.72. The molecule has 1 atom stereocenters. The topological polar surface area (TPSA) is 55.1 Å². The molecular formula is C15H19FN2O. The van der Waals surface area contributed by atoms with Crippen molar-refractivity contribution in [1.82, 2.24) is 5.32 Å². The molecule has 0 fully saturated rings. The number of nitrogens with one attached hydrogen (secondary N) is 1. The number of benzene rings is 1. The highest BCUT2D eigenvalue weighted by atomic mass is 19.1. The second-order valence-corrected chi connectivity index (χ2v) is 4.34. The van der Waals surface area contributed by atoms with Gasteiger partial charge in [0.05, 0.1) is 6.54 Å². The van der Waals surface area contributed by atoms with E-state index in [2.05, 4.69) is 17.2 Å². The Morgan fingerprint density at radius 1 is 1.53 bits per heavy atom. The van der Waals surface area contributed by atoms with Gasteiger partial charge >= 0.3 is 0 Å². The van der Waals surface area contributed by atoms with Crippen LogP contribution in [-0.4, -0.2) is 12.5 Å². The lowest BCUT2D eigenvalue weighted by atomic mass is 10.1. The number of halogens is 1. The molecule has 0 radical (unpaired) electrons. The van der Waals surface area contributed by atoms with Gasteiger partial charge in [-0.1, -0.05) is 25.7 Å². The maximum atomic E-state index is 13.6.